The summed E-state index contributed by atoms with van der Waals surface area (Å²) in [6.45, 7) is 3.06. The van der Waals surface area contributed by atoms with Gasteiger partial charge < -0.3 is 20.7 Å². The van der Waals surface area contributed by atoms with E-state index in [0.29, 0.717) is 35.7 Å². The van der Waals surface area contributed by atoms with Gasteiger partial charge in [-0.25, -0.2) is 9.37 Å². The van der Waals surface area contributed by atoms with E-state index < -0.39 is 23.0 Å². The number of nitrogens with one attached hydrogen (secondary N) is 3. The lowest BCUT2D eigenvalue weighted by Gasteiger charge is -2.17. The first kappa shape index (κ1) is 22.9. The summed E-state index contributed by atoms with van der Waals surface area (Å²) in [5, 5.41) is 7.85. The van der Waals surface area contributed by atoms with Crippen molar-refractivity contribution in [3.8, 4) is 11.5 Å². The molecular formula is C25H23FN4O4. The lowest BCUT2D eigenvalue weighted by atomic mass is 10.0. The van der Waals surface area contributed by atoms with Crippen LogP contribution in [-0.2, 0) is 14.4 Å². The van der Waals surface area contributed by atoms with Gasteiger partial charge in [0.15, 0.2) is 0 Å². The third kappa shape index (κ3) is 5.03. The molecule has 9 heteroatoms. The molecule has 174 valence electrons. The van der Waals surface area contributed by atoms with Crippen molar-refractivity contribution in [3.05, 3.63) is 72.2 Å². The molecule has 1 aliphatic carbocycles. The number of aryl methyl sites for hydroxylation is 1. The number of aromatic nitrogens is 1. The van der Waals surface area contributed by atoms with Crippen molar-refractivity contribution in [2.45, 2.75) is 26.7 Å². The molecule has 1 heterocycles. The highest BCUT2D eigenvalue weighted by molar-refractivity contribution is 6.17. The first-order chi connectivity index (χ1) is 16.3. The van der Waals surface area contributed by atoms with E-state index in [9.17, 15) is 18.8 Å². The van der Waals surface area contributed by atoms with Gasteiger partial charge in [0.25, 0.3) is 0 Å². The molecule has 1 saturated carbocycles. The number of benzene rings is 2. The van der Waals surface area contributed by atoms with Crippen LogP contribution in [0.3, 0.4) is 0 Å². The van der Waals surface area contributed by atoms with Crippen LogP contribution in [0.1, 0.15) is 25.3 Å². The summed E-state index contributed by atoms with van der Waals surface area (Å²) in [6.07, 6.45) is 2.23. The number of anilines is 3. The molecule has 4 rings (SSSR count). The Morgan fingerprint density at radius 3 is 2.35 bits per heavy atom. The molecule has 0 saturated heterocycles. The molecule has 1 fully saturated rings. The summed E-state index contributed by atoms with van der Waals surface area (Å²) in [7, 11) is 0. The maximum Gasteiger partial charge on any atom is 0.240 e. The Kier molecular flexibility index (Phi) is 6.27. The fourth-order valence-corrected chi connectivity index (χ4v) is 3.42. The third-order valence-electron chi connectivity index (χ3n) is 5.43. The summed E-state index contributed by atoms with van der Waals surface area (Å²) < 4.78 is 20.6. The van der Waals surface area contributed by atoms with Crippen molar-refractivity contribution in [2.75, 3.05) is 16.0 Å². The molecule has 0 atom stereocenters. The van der Waals surface area contributed by atoms with Crippen LogP contribution in [0, 0.1) is 18.2 Å². The summed E-state index contributed by atoms with van der Waals surface area (Å²) in [4.78, 5) is 40.8. The van der Waals surface area contributed by atoms with Gasteiger partial charge in [-0.2, -0.15) is 0 Å². The van der Waals surface area contributed by atoms with Crippen LogP contribution in [0.5, 0.6) is 11.5 Å². The van der Waals surface area contributed by atoms with Gasteiger partial charge in [0, 0.05) is 30.9 Å². The lowest BCUT2D eigenvalue weighted by Crippen LogP contribution is -2.35. The summed E-state index contributed by atoms with van der Waals surface area (Å²) in [5.74, 6) is -1.06. The molecule has 8 nitrogen and oxygen atoms in total. The molecule has 0 spiro atoms. The Bertz CT molecular complexity index is 1260. The van der Waals surface area contributed by atoms with Crippen molar-refractivity contribution >= 4 is 34.9 Å². The van der Waals surface area contributed by atoms with Crippen LogP contribution >= 0.6 is 0 Å². The van der Waals surface area contributed by atoms with E-state index >= 15 is 0 Å². The minimum atomic E-state index is -1.22. The molecule has 3 N–H and O–H groups in total. The van der Waals surface area contributed by atoms with Crippen LogP contribution in [0.2, 0.25) is 0 Å². The molecule has 0 aliphatic heterocycles. The maximum atomic E-state index is 14.8. The highest BCUT2D eigenvalue weighted by Gasteiger charge is 2.56. The van der Waals surface area contributed by atoms with Gasteiger partial charge in [-0.3, -0.25) is 14.4 Å². The Hall–Kier alpha value is -4.27. The number of hydrogen-bond donors (Lipinski definition) is 3. The number of pyridine rings is 1. The van der Waals surface area contributed by atoms with Crippen molar-refractivity contribution in [1.29, 1.82) is 0 Å². The number of ether oxygens (including phenoxy) is 1. The monoisotopic (exact) mass is 462 g/mol. The van der Waals surface area contributed by atoms with E-state index in [1.165, 1.54) is 25.3 Å². The second-order valence-electron chi connectivity index (χ2n) is 8.11. The number of nitrogens with zero attached hydrogens (tertiary/aromatic N) is 1. The van der Waals surface area contributed by atoms with Gasteiger partial charge in [-0.15, -0.1) is 0 Å². The van der Waals surface area contributed by atoms with Gasteiger partial charge in [0.2, 0.25) is 17.7 Å². The van der Waals surface area contributed by atoms with Crippen LogP contribution in [0.25, 0.3) is 0 Å². The molecule has 3 amide bonds. The van der Waals surface area contributed by atoms with E-state index in [0.717, 1.165) is 6.07 Å². The topological polar surface area (TPSA) is 109 Å². The number of hydrogen-bond acceptors (Lipinski definition) is 5. The Labute approximate surface area is 195 Å². The minimum Gasteiger partial charge on any atom is -0.457 e. The van der Waals surface area contributed by atoms with Crippen molar-refractivity contribution in [2.24, 2.45) is 5.41 Å². The first-order valence-corrected chi connectivity index (χ1v) is 10.7. The zero-order chi connectivity index (χ0) is 24.3. The highest BCUT2D eigenvalue weighted by Crippen LogP contribution is 2.47. The molecule has 3 aromatic rings. The molecule has 0 radical (unpaired) electrons. The number of carbonyl (C=O) groups excluding carboxylic acids is 3. The minimum absolute atomic E-state index is 0.0395. The summed E-state index contributed by atoms with van der Waals surface area (Å²) >= 11 is 0. The second kappa shape index (κ2) is 9.30. The normalized spacial score (nSPS) is 13.5. The lowest BCUT2D eigenvalue weighted by molar-refractivity contribution is -0.131. The number of halogens is 1. The average Bonchev–Trinajstić information content (AvgIpc) is 3.60. The van der Waals surface area contributed by atoms with Crippen molar-refractivity contribution in [1.82, 2.24) is 4.98 Å². The number of amides is 3. The summed E-state index contributed by atoms with van der Waals surface area (Å²) in [5.41, 5.74) is -0.106. The second-order valence-corrected chi connectivity index (χ2v) is 8.11. The predicted molar refractivity (Wildman–Crippen MR) is 125 cm³/mol. The fraction of sp³-hybridized carbons (Fsp3) is 0.200. The van der Waals surface area contributed by atoms with Crippen molar-refractivity contribution < 1.29 is 23.5 Å². The number of rotatable bonds is 7. The van der Waals surface area contributed by atoms with E-state index in [-0.39, 0.29) is 17.3 Å². The van der Waals surface area contributed by atoms with Gasteiger partial charge in [0.1, 0.15) is 28.5 Å². The zero-order valence-electron chi connectivity index (χ0n) is 18.6. The third-order valence-corrected chi connectivity index (χ3v) is 5.43. The molecule has 1 aromatic heterocycles. The smallest absolute Gasteiger partial charge is 0.240 e. The Morgan fingerprint density at radius 2 is 1.68 bits per heavy atom. The van der Waals surface area contributed by atoms with Crippen LogP contribution in [0.4, 0.5) is 21.6 Å². The Balaban J connectivity index is 1.46. The molecular weight excluding hydrogens is 439 g/mol. The quantitative estimate of drug-likeness (QED) is 0.443. The molecule has 0 unspecified atom stereocenters. The highest BCUT2D eigenvalue weighted by atomic mass is 19.1. The molecule has 1 aliphatic rings. The molecule has 2 aromatic carbocycles. The molecule has 0 bridgehead atoms. The standard InChI is InChI=1S/C25H23FN4O4/c1-15-12-20(19(26)14-21(15)34-18-8-11-27-22(13-18)28-16(2)31)30-24(33)25(9-10-25)23(32)29-17-6-4-3-5-7-17/h3-8,11-14H,9-10H2,1-2H3,(H,29,32)(H,30,33)(H,27,28,31). The first-order valence-electron chi connectivity index (χ1n) is 10.7. The number of carbonyl (C=O) groups is 3. The summed E-state index contributed by atoms with van der Waals surface area (Å²) in [6, 6.07) is 14.5. The van der Waals surface area contributed by atoms with Gasteiger partial charge in [0.05, 0.1) is 5.69 Å². The van der Waals surface area contributed by atoms with Gasteiger partial charge in [-0.1, -0.05) is 18.2 Å². The van der Waals surface area contributed by atoms with Gasteiger partial charge in [-0.05, 0) is 49.6 Å². The van der Waals surface area contributed by atoms with Crippen LogP contribution in [-0.4, -0.2) is 22.7 Å². The Morgan fingerprint density at radius 1 is 0.971 bits per heavy atom. The fourth-order valence-electron chi connectivity index (χ4n) is 3.42. The van der Waals surface area contributed by atoms with E-state index in [4.69, 9.17) is 4.74 Å². The maximum absolute atomic E-state index is 14.8. The SMILES string of the molecule is CC(=O)Nc1cc(Oc2cc(F)c(NC(=O)C3(C(=O)Nc4ccccc4)CC3)cc2C)ccn1. The van der Waals surface area contributed by atoms with Crippen LogP contribution in [0.15, 0.2) is 60.8 Å². The van der Waals surface area contributed by atoms with E-state index in [2.05, 4.69) is 20.9 Å². The largest absolute Gasteiger partial charge is 0.457 e. The van der Waals surface area contributed by atoms with Crippen LogP contribution < -0.4 is 20.7 Å². The van der Waals surface area contributed by atoms with E-state index in [1.54, 1.807) is 37.3 Å². The molecule has 34 heavy (non-hydrogen) atoms. The van der Waals surface area contributed by atoms with Crippen molar-refractivity contribution in [3.63, 3.8) is 0 Å². The average molecular weight is 462 g/mol. The predicted octanol–water partition coefficient (Wildman–Crippen LogP) is 4.64. The number of para-hydroxylation sites is 1. The van der Waals surface area contributed by atoms with E-state index in [1.807, 2.05) is 6.07 Å². The zero-order valence-corrected chi connectivity index (χ0v) is 18.6. The van der Waals surface area contributed by atoms with Gasteiger partial charge >= 0.3 is 0 Å².